The summed E-state index contributed by atoms with van der Waals surface area (Å²) in [7, 11) is 0. The van der Waals surface area contributed by atoms with E-state index >= 15 is 0 Å². The average Bonchev–Trinajstić information content (AvgIpc) is 2.67. The van der Waals surface area contributed by atoms with E-state index < -0.39 is 11.0 Å². The zero-order valence-electron chi connectivity index (χ0n) is 7.77. The molecule has 0 aliphatic heterocycles. The van der Waals surface area contributed by atoms with E-state index in [2.05, 4.69) is 11.4 Å². The number of amides is 1. The van der Waals surface area contributed by atoms with Gasteiger partial charge in [0.1, 0.15) is 5.54 Å². The number of nitriles is 1. The van der Waals surface area contributed by atoms with Gasteiger partial charge in [-0.25, -0.2) is 0 Å². The first-order valence-corrected chi connectivity index (χ1v) is 4.13. The predicted molar refractivity (Wildman–Crippen MR) is 45.2 cm³/mol. The van der Waals surface area contributed by atoms with Gasteiger partial charge in [0.15, 0.2) is 0 Å². The normalized spacial score (nSPS) is 19.5. The van der Waals surface area contributed by atoms with E-state index in [1.165, 1.54) is 0 Å². The lowest BCUT2D eigenvalue weighted by molar-refractivity contribution is -0.129. The van der Waals surface area contributed by atoms with Crippen LogP contribution in [0.25, 0.3) is 0 Å². The van der Waals surface area contributed by atoms with Crippen LogP contribution in [0.3, 0.4) is 0 Å². The lowest BCUT2D eigenvalue weighted by Crippen LogP contribution is -2.42. The van der Waals surface area contributed by atoms with Crippen LogP contribution >= 0.6 is 0 Å². The predicted octanol–water partition coefficient (Wildman–Crippen LogP) is 1.20. The van der Waals surface area contributed by atoms with Crippen LogP contribution in [-0.4, -0.2) is 11.4 Å². The van der Waals surface area contributed by atoms with Crippen molar-refractivity contribution < 1.29 is 4.79 Å². The summed E-state index contributed by atoms with van der Waals surface area (Å²) in [6.07, 6.45) is 1.59. The Morgan fingerprint density at radius 1 is 1.50 bits per heavy atom. The van der Waals surface area contributed by atoms with Crippen molar-refractivity contribution in [2.45, 2.75) is 39.2 Å². The molecule has 1 amide bonds. The Kier molecular flexibility index (Phi) is 1.87. The van der Waals surface area contributed by atoms with Gasteiger partial charge in [0.2, 0.25) is 5.91 Å². The largest absolute Gasteiger partial charge is 0.337 e. The standard InChI is InChI=1S/C9H14N2O/c1-8(2,3)7(12)11-9(6-10)4-5-9/h4-5H2,1-3H3,(H,11,12). The van der Waals surface area contributed by atoms with Crippen molar-refractivity contribution in [1.82, 2.24) is 5.32 Å². The second-order valence-electron chi connectivity index (χ2n) is 4.40. The van der Waals surface area contributed by atoms with Crippen LogP contribution in [0.15, 0.2) is 0 Å². The Morgan fingerprint density at radius 3 is 2.25 bits per heavy atom. The van der Waals surface area contributed by atoms with Gasteiger partial charge in [0, 0.05) is 5.41 Å². The molecule has 12 heavy (non-hydrogen) atoms. The molecule has 1 saturated carbocycles. The van der Waals surface area contributed by atoms with Crippen molar-refractivity contribution in [1.29, 1.82) is 5.26 Å². The lowest BCUT2D eigenvalue weighted by Gasteiger charge is -2.19. The molecule has 1 N–H and O–H groups in total. The van der Waals surface area contributed by atoms with Crippen molar-refractivity contribution in [2.24, 2.45) is 5.41 Å². The fourth-order valence-corrected chi connectivity index (χ4v) is 0.795. The molecular weight excluding hydrogens is 152 g/mol. The molecule has 0 heterocycles. The van der Waals surface area contributed by atoms with Crippen LogP contribution < -0.4 is 5.32 Å². The maximum atomic E-state index is 11.4. The number of hydrogen-bond acceptors (Lipinski definition) is 2. The molecule has 0 atom stereocenters. The molecule has 66 valence electrons. The van der Waals surface area contributed by atoms with Gasteiger partial charge in [0.05, 0.1) is 6.07 Å². The Labute approximate surface area is 72.8 Å². The fraction of sp³-hybridized carbons (Fsp3) is 0.778. The first kappa shape index (κ1) is 9.05. The highest BCUT2D eigenvalue weighted by atomic mass is 16.2. The number of hydrogen-bond donors (Lipinski definition) is 1. The Morgan fingerprint density at radius 2 is 2.00 bits per heavy atom. The van der Waals surface area contributed by atoms with Gasteiger partial charge >= 0.3 is 0 Å². The molecule has 0 aromatic carbocycles. The van der Waals surface area contributed by atoms with Crippen LogP contribution in [0.1, 0.15) is 33.6 Å². The van der Waals surface area contributed by atoms with Crippen molar-refractivity contribution in [3.63, 3.8) is 0 Å². The zero-order chi connectivity index (χ0) is 9.41. The molecule has 1 fully saturated rings. The van der Waals surface area contributed by atoms with Gasteiger partial charge in [-0.1, -0.05) is 20.8 Å². The van der Waals surface area contributed by atoms with Gasteiger partial charge in [0.25, 0.3) is 0 Å². The van der Waals surface area contributed by atoms with Gasteiger partial charge in [-0.15, -0.1) is 0 Å². The third-order valence-electron chi connectivity index (χ3n) is 2.00. The van der Waals surface area contributed by atoms with Crippen LogP contribution in [0, 0.1) is 16.7 Å². The molecule has 0 spiro atoms. The number of carbonyl (C=O) groups is 1. The SMILES string of the molecule is CC(C)(C)C(=O)NC1(C#N)CC1. The van der Waals surface area contributed by atoms with Crippen LogP contribution in [0.2, 0.25) is 0 Å². The summed E-state index contributed by atoms with van der Waals surface area (Å²) in [6, 6.07) is 2.12. The van der Waals surface area contributed by atoms with E-state index in [0.717, 1.165) is 12.8 Å². The molecule has 1 aliphatic rings. The first-order chi connectivity index (χ1) is 5.40. The van der Waals surface area contributed by atoms with E-state index in [9.17, 15) is 4.79 Å². The molecule has 1 rings (SSSR count). The summed E-state index contributed by atoms with van der Waals surface area (Å²) in [4.78, 5) is 11.4. The zero-order valence-corrected chi connectivity index (χ0v) is 7.77. The van der Waals surface area contributed by atoms with Crippen molar-refractivity contribution >= 4 is 5.91 Å². The molecule has 0 unspecified atom stereocenters. The lowest BCUT2D eigenvalue weighted by atomic mass is 9.95. The minimum atomic E-state index is -0.523. The minimum absolute atomic E-state index is 0.0402. The smallest absolute Gasteiger partial charge is 0.226 e. The van der Waals surface area contributed by atoms with Gasteiger partial charge in [-0.3, -0.25) is 4.79 Å². The summed E-state index contributed by atoms with van der Waals surface area (Å²) >= 11 is 0. The monoisotopic (exact) mass is 166 g/mol. The molecule has 0 aromatic heterocycles. The summed E-state index contributed by atoms with van der Waals surface area (Å²) in [5.41, 5.74) is -0.920. The summed E-state index contributed by atoms with van der Waals surface area (Å²) < 4.78 is 0. The number of nitrogens with zero attached hydrogens (tertiary/aromatic N) is 1. The molecule has 0 saturated heterocycles. The van der Waals surface area contributed by atoms with Crippen LogP contribution in [0.5, 0.6) is 0 Å². The highest BCUT2D eigenvalue weighted by Crippen LogP contribution is 2.35. The van der Waals surface area contributed by atoms with E-state index in [0.29, 0.717) is 0 Å². The average molecular weight is 166 g/mol. The van der Waals surface area contributed by atoms with Crippen LogP contribution in [-0.2, 0) is 4.79 Å². The third kappa shape index (κ3) is 1.76. The summed E-state index contributed by atoms with van der Waals surface area (Å²) in [5, 5.41) is 11.5. The first-order valence-electron chi connectivity index (χ1n) is 4.13. The second-order valence-corrected chi connectivity index (χ2v) is 4.40. The molecule has 3 nitrogen and oxygen atoms in total. The number of rotatable bonds is 1. The van der Waals surface area contributed by atoms with Crippen LogP contribution in [0.4, 0.5) is 0 Å². The topological polar surface area (TPSA) is 52.9 Å². The van der Waals surface area contributed by atoms with E-state index in [-0.39, 0.29) is 5.91 Å². The molecular formula is C9H14N2O. The molecule has 1 aliphatic carbocycles. The van der Waals surface area contributed by atoms with E-state index in [1.54, 1.807) is 0 Å². The Bertz CT molecular complexity index is 240. The quantitative estimate of drug-likeness (QED) is 0.636. The third-order valence-corrected chi connectivity index (χ3v) is 2.00. The Hall–Kier alpha value is -1.04. The molecule has 0 aromatic rings. The van der Waals surface area contributed by atoms with Crippen molar-refractivity contribution in [3.8, 4) is 6.07 Å². The highest BCUT2D eigenvalue weighted by molar-refractivity contribution is 5.82. The number of nitrogens with one attached hydrogen (secondary N) is 1. The van der Waals surface area contributed by atoms with Crippen molar-refractivity contribution in [2.75, 3.05) is 0 Å². The maximum absolute atomic E-state index is 11.4. The van der Waals surface area contributed by atoms with E-state index in [1.807, 2.05) is 20.8 Å². The minimum Gasteiger partial charge on any atom is -0.337 e. The summed E-state index contributed by atoms with van der Waals surface area (Å²) in [5.74, 6) is -0.0402. The maximum Gasteiger partial charge on any atom is 0.226 e. The second kappa shape index (κ2) is 2.48. The summed E-state index contributed by atoms with van der Waals surface area (Å²) in [6.45, 7) is 5.53. The fourth-order valence-electron chi connectivity index (χ4n) is 0.795. The van der Waals surface area contributed by atoms with E-state index in [4.69, 9.17) is 5.26 Å². The van der Waals surface area contributed by atoms with Crippen molar-refractivity contribution in [3.05, 3.63) is 0 Å². The Balaban J connectivity index is 2.54. The van der Waals surface area contributed by atoms with Gasteiger partial charge in [-0.05, 0) is 12.8 Å². The number of carbonyl (C=O) groups excluding carboxylic acids is 1. The molecule has 0 radical (unpaired) electrons. The van der Waals surface area contributed by atoms with Gasteiger partial charge < -0.3 is 5.32 Å². The van der Waals surface area contributed by atoms with Gasteiger partial charge in [-0.2, -0.15) is 5.26 Å². The molecule has 3 heteroatoms. The molecule has 0 bridgehead atoms. The highest BCUT2D eigenvalue weighted by Gasteiger charge is 2.46.